The fraction of sp³-hybridized carbons (Fsp3) is 0.924. The molecule has 0 saturated heterocycles. The molecule has 0 aromatic carbocycles. The number of hydrogen-bond donors (Lipinski definition) is 0. The van der Waals surface area contributed by atoms with E-state index in [4.69, 9.17) is 18.9 Å². The van der Waals surface area contributed by atoms with Crippen molar-refractivity contribution in [2.24, 2.45) is 0 Å². The summed E-state index contributed by atoms with van der Waals surface area (Å²) in [6, 6.07) is 0. The Morgan fingerprint density at radius 3 is 0.987 bits per heavy atom. The molecule has 0 heterocycles. The van der Waals surface area contributed by atoms with Crippen molar-refractivity contribution in [2.75, 3.05) is 47.5 Å². The lowest BCUT2D eigenvalue weighted by molar-refractivity contribution is -0.870. The van der Waals surface area contributed by atoms with Gasteiger partial charge in [0.2, 0.25) is 0 Å². The summed E-state index contributed by atoms with van der Waals surface area (Å²) in [5.41, 5.74) is 0. The predicted octanol–water partition coefficient (Wildman–Crippen LogP) is 18.4. The SMILES string of the molecule is CCCCCCCC/C=C\CCCCCCCCCCCC(=O)OC(COC(=O)CCCCCCCCCCCCCCCCCCCCCCCCCCCCCCCCC)COC(OCC[N+](C)(C)C)C(=O)[O-]. The van der Waals surface area contributed by atoms with E-state index in [0.29, 0.717) is 23.9 Å². The van der Waals surface area contributed by atoms with Crippen molar-refractivity contribution in [1.82, 2.24) is 0 Å². The van der Waals surface area contributed by atoms with E-state index in [-0.39, 0.29) is 32.2 Å². The van der Waals surface area contributed by atoms with Gasteiger partial charge in [-0.2, -0.15) is 0 Å². The summed E-state index contributed by atoms with van der Waals surface area (Å²) in [5, 5.41) is 11.8. The fourth-order valence-electron chi connectivity index (χ4n) is 9.95. The summed E-state index contributed by atoms with van der Waals surface area (Å²) >= 11 is 0. The Labute approximate surface area is 465 Å². The molecule has 0 aromatic heterocycles. The van der Waals surface area contributed by atoms with E-state index < -0.39 is 24.3 Å². The average molecular weight is 1060 g/mol. The maximum absolute atomic E-state index is 12.9. The van der Waals surface area contributed by atoms with Gasteiger partial charge < -0.3 is 33.3 Å². The van der Waals surface area contributed by atoms with Crippen LogP contribution in [-0.2, 0) is 33.3 Å². The van der Waals surface area contributed by atoms with Gasteiger partial charge in [0.25, 0.3) is 0 Å². The van der Waals surface area contributed by atoms with Crippen molar-refractivity contribution in [2.45, 2.75) is 347 Å². The van der Waals surface area contributed by atoms with Gasteiger partial charge in [0.1, 0.15) is 13.2 Å². The predicted molar refractivity (Wildman–Crippen MR) is 316 cm³/mol. The van der Waals surface area contributed by atoms with Crippen molar-refractivity contribution in [3.8, 4) is 0 Å². The molecule has 0 aliphatic heterocycles. The molecule has 0 radical (unpaired) electrons. The summed E-state index contributed by atoms with van der Waals surface area (Å²) in [6.45, 7) is 4.81. The molecule has 9 heteroatoms. The van der Waals surface area contributed by atoms with Gasteiger partial charge in [-0.25, -0.2) is 0 Å². The zero-order chi connectivity index (χ0) is 54.8. The van der Waals surface area contributed by atoms with Crippen LogP contribution >= 0.6 is 0 Å². The molecule has 0 saturated carbocycles. The van der Waals surface area contributed by atoms with E-state index in [1.165, 1.54) is 263 Å². The molecule has 0 aromatic rings. The van der Waals surface area contributed by atoms with E-state index in [1.54, 1.807) is 0 Å². The number of aliphatic carboxylic acids is 1. The number of allylic oxidation sites excluding steroid dienone is 2. The highest BCUT2D eigenvalue weighted by Crippen LogP contribution is 2.18. The number of hydrogen-bond acceptors (Lipinski definition) is 8. The Morgan fingerprint density at radius 1 is 0.387 bits per heavy atom. The second-order valence-corrected chi connectivity index (χ2v) is 23.8. The van der Waals surface area contributed by atoms with Gasteiger partial charge in [0.05, 0.1) is 40.3 Å². The molecule has 2 atom stereocenters. The Hall–Kier alpha value is -1.97. The highest BCUT2D eigenvalue weighted by Gasteiger charge is 2.22. The maximum atomic E-state index is 12.9. The zero-order valence-electron chi connectivity index (χ0n) is 50.7. The van der Waals surface area contributed by atoms with Crippen LogP contribution in [0.3, 0.4) is 0 Å². The number of carbonyl (C=O) groups excluding carboxylic acids is 3. The minimum atomic E-state index is -1.62. The highest BCUT2D eigenvalue weighted by molar-refractivity contribution is 5.70. The number of ether oxygens (including phenoxy) is 4. The summed E-state index contributed by atoms with van der Waals surface area (Å²) in [6.07, 6.45) is 65.8. The van der Waals surface area contributed by atoms with Crippen molar-refractivity contribution in [3.63, 3.8) is 0 Å². The molecule has 0 spiro atoms. The van der Waals surface area contributed by atoms with Gasteiger partial charge >= 0.3 is 11.9 Å². The molecule has 0 rings (SSSR count). The Balaban J connectivity index is 4.05. The summed E-state index contributed by atoms with van der Waals surface area (Å²) in [5.74, 6) is -2.26. The van der Waals surface area contributed by atoms with Crippen LogP contribution in [-0.4, -0.2) is 82.3 Å². The molecular formula is C66H127NO8. The smallest absolute Gasteiger partial charge is 0.306 e. The van der Waals surface area contributed by atoms with Gasteiger partial charge in [-0.05, 0) is 38.5 Å². The molecular weight excluding hydrogens is 935 g/mol. The van der Waals surface area contributed by atoms with Crippen LogP contribution in [0.5, 0.6) is 0 Å². The molecule has 0 aliphatic rings. The average Bonchev–Trinajstić information content (AvgIpc) is 3.38. The quantitative estimate of drug-likeness (QED) is 0.0195. The summed E-state index contributed by atoms with van der Waals surface area (Å²) in [4.78, 5) is 37.4. The first kappa shape index (κ1) is 73.0. The fourth-order valence-corrected chi connectivity index (χ4v) is 9.95. The van der Waals surface area contributed by atoms with Crippen molar-refractivity contribution < 1.29 is 42.9 Å². The van der Waals surface area contributed by atoms with Crippen LogP contribution in [0.1, 0.15) is 335 Å². The molecule has 0 N–H and O–H groups in total. The number of carboxylic acid groups (broad SMARTS) is 1. The molecule has 9 nitrogen and oxygen atoms in total. The number of rotatable bonds is 62. The van der Waals surface area contributed by atoms with Crippen molar-refractivity contribution in [3.05, 3.63) is 12.2 Å². The van der Waals surface area contributed by atoms with Crippen molar-refractivity contribution in [1.29, 1.82) is 0 Å². The second kappa shape index (κ2) is 58.2. The summed E-state index contributed by atoms with van der Waals surface area (Å²) < 4.78 is 22.8. The molecule has 0 amide bonds. The first-order valence-electron chi connectivity index (χ1n) is 32.8. The van der Waals surface area contributed by atoms with Gasteiger partial charge in [0, 0.05) is 12.8 Å². The first-order valence-corrected chi connectivity index (χ1v) is 32.8. The van der Waals surface area contributed by atoms with Gasteiger partial charge in [0.15, 0.2) is 12.4 Å². The topological polar surface area (TPSA) is 111 Å². The summed E-state index contributed by atoms with van der Waals surface area (Å²) in [7, 11) is 5.94. The third-order valence-electron chi connectivity index (χ3n) is 15.0. The zero-order valence-corrected chi connectivity index (χ0v) is 50.7. The Morgan fingerprint density at radius 2 is 0.680 bits per heavy atom. The number of carboxylic acids is 1. The number of nitrogens with zero attached hydrogens (tertiary/aromatic N) is 1. The molecule has 75 heavy (non-hydrogen) atoms. The Kier molecular flexibility index (Phi) is 56.7. The number of unbranched alkanes of at least 4 members (excludes halogenated alkanes) is 45. The van der Waals surface area contributed by atoms with E-state index in [9.17, 15) is 19.5 Å². The van der Waals surface area contributed by atoms with Gasteiger partial charge in [-0.3, -0.25) is 9.59 Å². The normalized spacial score (nSPS) is 12.7. The van der Waals surface area contributed by atoms with Crippen LogP contribution in [0.15, 0.2) is 12.2 Å². The van der Waals surface area contributed by atoms with Crippen LogP contribution in [0.4, 0.5) is 0 Å². The van der Waals surface area contributed by atoms with E-state index >= 15 is 0 Å². The third kappa shape index (κ3) is 59.5. The van der Waals surface area contributed by atoms with E-state index in [2.05, 4.69) is 26.0 Å². The number of quaternary nitrogens is 1. The van der Waals surface area contributed by atoms with Crippen LogP contribution < -0.4 is 5.11 Å². The van der Waals surface area contributed by atoms with Crippen LogP contribution in [0.25, 0.3) is 0 Å². The number of esters is 2. The lowest BCUT2D eigenvalue weighted by Crippen LogP contribution is -2.44. The van der Waals surface area contributed by atoms with Gasteiger partial charge in [-0.15, -0.1) is 0 Å². The largest absolute Gasteiger partial charge is 0.545 e. The molecule has 0 aliphatic carbocycles. The molecule has 0 fully saturated rings. The lowest BCUT2D eigenvalue weighted by atomic mass is 10.0. The van der Waals surface area contributed by atoms with Crippen LogP contribution in [0, 0.1) is 0 Å². The minimum absolute atomic E-state index is 0.151. The third-order valence-corrected chi connectivity index (χ3v) is 15.0. The number of carbonyl (C=O) groups is 3. The molecule has 444 valence electrons. The lowest BCUT2D eigenvalue weighted by Gasteiger charge is -2.26. The minimum Gasteiger partial charge on any atom is -0.545 e. The second-order valence-electron chi connectivity index (χ2n) is 23.8. The monoisotopic (exact) mass is 1060 g/mol. The molecule has 2 unspecified atom stereocenters. The Bertz CT molecular complexity index is 1240. The number of likely N-dealkylation sites (N-methyl/N-ethyl adjacent to an activating group) is 1. The highest BCUT2D eigenvalue weighted by atomic mass is 16.7. The van der Waals surface area contributed by atoms with E-state index in [1.807, 2.05) is 21.1 Å². The van der Waals surface area contributed by atoms with Crippen LogP contribution in [0.2, 0.25) is 0 Å². The maximum Gasteiger partial charge on any atom is 0.306 e. The van der Waals surface area contributed by atoms with E-state index in [0.717, 1.165) is 38.5 Å². The van der Waals surface area contributed by atoms with Gasteiger partial charge in [-0.1, -0.05) is 296 Å². The van der Waals surface area contributed by atoms with Crippen molar-refractivity contribution >= 4 is 17.9 Å². The molecule has 0 bridgehead atoms. The standard InChI is InChI=1S/C66H127NO8/c1-6-8-10-12-14-16-18-20-22-24-26-27-28-29-30-31-32-33-34-35-36-37-39-40-42-44-46-48-50-52-54-56-63(68)73-60-62(61-74-66(65(70)71)72-59-58-67(3,4)5)75-64(69)57-55-53-51-49-47-45-43-41-38-25-23-21-19-17-15-13-11-9-7-2/h21,23,62,66H,6-20,22,24-61H2,1-5H3/b23-21-. The first-order chi connectivity index (χ1) is 36.6.